The Morgan fingerprint density at radius 3 is 2.07 bits per heavy atom. The number of ketones is 1. The zero-order valence-electron chi connectivity index (χ0n) is 18.6. The van der Waals surface area contributed by atoms with E-state index in [4.69, 9.17) is 9.47 Å². The molecule has 3 nitrogen and oxygen atoms in total. The fourth-order valence-electron chi connectivity index (χ4n) is 3.11. The SMILES string of the molecule is CCI.COc1ccc(C2CCCc3cc(OC)ccc3C2=O)cc1.C[CH-]C.[Li+]. The van der Waals surface area contributed by atoms with Gasteiger partial charge >= 0.3 is 18.9 Å². The molecule has 2 aromatic rings. The summed E-state index contributed by atoms with van der Waals surface area (Å²) in [5.74, 6) is 1.77. The van der Waals surface area contributed by atoms with Gasteiger partial charge < -0.3 is 15.9 Å². The van der Waals surface area contributed by atoms with Crippen molar-refractivity contribution in [3.63, 3.8) is 0 Å². The van der Waals surface area contributed by atoms with Crippen LogP contribution in [0.1, 0.15) is 61.0 Å². The maximum Gasteiger partial charge on any atom is 1.00 e. The van der Waals surface area contributed by atoms with Gasteiger partial charge in [0.15, 0.2) is 5.78 Å². The molecule has 2 aromatic carbocycles. The molecular weight excluding hydrogens is 470 g/mol. The predicted octanol–water partition coefficient (Wildman–Crippen LogP) is 3.68. The van der Waals surface area contributed by atoms with Gasteiger partial charge in [-0.3, -0.25) is 4.79 Å². The molecule has 1 atom stereocenters. The molecule has 0 aliphatic heterocycles. The first kappa shape index (κ1) is 28.0. The Hall–Kier alpha value is -0.963. The van der Waals surface area contributed by atoms with Crippen LogP contribution < -0.4 is 28.3 Å². The van der Waals surface area contributed by atoms with Gasteiger partial charge in [-0.1, -0.05) is 41.6 Å². The first-order valence-corrected chi connectivity index (χ1v) is 11.2. The van der Waals surface area contributed by atoms with Gasteiger partial charge in [0.05, 0.1) is 14.2 Å². The third-order valence-corrected chi connectivity index (χ3v) is 4.35. The van der Waals surface area contributed by atoms with E-state index >= 15 is 0 Å². The van der Waals surface area contributed by atoms with Crippen molar-refractivity contribution in [2.24, 2.45) is 0 Å². The number of hydrogen-bond donors (Lipinski definition) is 0. The number of halogens is 1. The van der Waals surface area contributed by atoms with Crippen LogP contribution in [0, 0.1) is 6.42 Å². The molecule has 1 unspecified atom stereocenters. The Kier molecular flexibility index (Phi) is 15.3. The first-order valence-electron chi connectivity index (χ1n) is 9.71. The van der Waals surface area contributed by atoms with Gasteiger partial charge in [-0.2, -0.15) is 13.8 Å². The van der Waals surface area contributed by atoms with E-state index in [0.717, 1.165) is 47.5 Å². The Balaban J connectivity index is 0.00000100. The van der Waals surface area contributed by atoms with E-state index in [2.05, 4.69) is 29.5 Å². The van der Waals surface area contributed by atoms with Crippen molar-refractivity contribution in [2.45, 2.75) is 46.0 Å². The second kappa shape index (κ2) is 15.8. The molecule has 0 radical (unpaired) electrons. The van der Waals surface area contributed by atoms with E-state index in [0.29, 0.717) is 0 Å². The maximum absolute atomic E-state index is 12.9. The summed E-state index contributed by atoms with van der Waals surface area (Å²) in [5.41, 5.74) is 2.99. The molecule has 0 N–H and O–H groups in total. The van der Waals surface area contributed by atoms with E-state index in [1.165, 1.54) is 4.43 Å². The summed E-state index contributed by atoms with van der Waals surface area (Å²) in [4.78, 5) is 12.9. The number of alkyl halides is 1. The van der Waals surface area contributed by atoms with Crippen molar-refractivity contribution in [3.8, 4) is 11.5 Å². The molecule has 0 spiro atoms. The molecule has 0 amide bonds. The molecular formula is C24H32ILiO3. The molecule has 0 fully saturated rings. The minimum atomic E-state index is -0.0689. The number of methoxy groups -OCH3 is 2. The number of hydrogen-bond acceptors (Lipinski definition) is 3. The van der Waals surface area contributed by atoms with Gasteiger partial charge in [-0.25, -0.2) is 0 Å². The largest absolute Gasteiger partial charge is 1.00 e. The standard InChI is InChI=1S/C19H20O3.C3H7.C2H5I.Li/c1-21-15-8-6-13(7-9-15)17-5-3-4-14-12-16(22-2)10-11-18(14)19(17)20;1-3-2;1-2-3;/h6-12,17H,3-5H2,1-2H3;3H,1-2H3;2H2,1H3;/q;-1;;+1. The summed E-state index contributed by atoms with van der Waals surface area (Å²) >= 11 is 2.29. The minimum Gasteiger partial charge on any atom is -0.497 e. The van der Waals surface area contributed by atoms with Crippen LogP contribution in [0.25, 0.3) is 0 Å². The van der Waals surface area contributed by atoms with Gasteiger partial charge in [0.2, 0.25) is 0 Å². The Morgan fingerprint density at radius 2 is 1.55 bits per heavy atom. The summed E-state index contributed by atoms with van der Waals surface area (Å²) < 4.78 is 11.7. The zero-order chi connectivity index (χ0) is 20.9. The second-order valence-corrected chi connectivity index (χ2v) is 7.98. The van der Waals surface area contributed by atoms with E-state index in [1.54, 1.807) is 14.2 Å². The van der Waals surface area contributed by atoms with Crippen LogP contribution in [-0.2, 0) is 6.42 Å². The average Bonchev–Trinajstić information content (AvgIpc) is 2.88. The van der Waals surface area contributed by atoms with Crippen LogP contribution in [0.2, 0.25) is 0 Å². The fourth-order valence-corrected chi connectivity index (χ4v) is 3.11. The molecule has 1 aliphatic carbocycles. The van der Waals surface area contributed by atoms with Crippen molar-refractivity contribution in [2.75, 3.05) is 18.6 Å². The molecule has 5 heteroatoms. The summed E-state index contributed by atoms with van der Waals surface area (Å²) in [7, 11) is 3.30. The van der Waals surface area contributed by atoms with Gasteiger partial charge in [0, 0.05) is 11.5 Å². The topological polar surface area (TPSA) is 35.5 Å². The summed E-state index contributed by atoms with van der Waals surface area (Å²) in [5, 5.41) is 0. The Bertz CT molecular complexity index is 715. The zero-order valence-corrected chi connectivity index (χ0v) is 20.8. The number of carbonyl (C=O) groups excluding carboxylic acids is 1. The van der Waals surface area contributed by atoms with Crippen LogP contribution in [0.4, 0.5) is 0 Å². The van der Waals surface area contributed by atoms with Crippen LogP contribution >= 0.6 is 22.6 Å². The smallest absolute Gasteiger partial charge is 0.497 e. The number of carbonyl (C=O) groups is 1. The van der Waals surface area contributed by atoms with Crippen molar-refractivity contribution < 1.29 is 33.1 Å². The minimum absolute atomic E-state index is 0. The molecule has 0 bridgehead atoms. The van der Waals surface area contributed by atoms with Crippen molar-refractivity contribution in [1.29, 1.82) is 0 Å². The molecule has 0 saturated carbocycles. The first-order chi connectivity index (χ1) is 13.6. The predicted molar refractivity (Wildman–Crippen MR) is 126 cm³/mol. The molecule has 3 rings (SSSR count). The van der Waals surface area contributed by atoms with Crippen molar-refractivity contribution >= 4 is 28.4 Å². The third kappa shape index (κ3) is 8.74. The van der Waals surface area contributed by atoms with Crippen LogP contribution in [0.3, 0.4) is 0 Å². The fraction of sp³-hybridized carbons (Fsp3) is 0.417. The van der Waals surface area contributed by atoms with Crippen LogP contribution in [0.5, 0.6) is 11.5 Å². The Labute approximate surface area is 202 Å². The molecule has 1 aliphatic rings. The Morgan fingerprint density at radius 1 is 1.03 bits per heavy atom. The average molecular weight is 502 g/mol. The monoisotopic (exact) mass is 502 g/mol. The molecule has 154 valence electrons. The van der Waals surface area contributed by atoms with Gasteiger partial charge in [0.1, 0.15) is 11.5 Å². The number of aryl methyl sites for hydroxylation is 1. The maximum atomic E-state index is 12.9. The van der Waals surface area contributed by atoms with Gasteiger partial charge in [0.25, 0.3) is 0 Å². The number of rotatable bonds is 3. The number of fused-ring (bicyclic) bond motifs is 1. The van der Waals surface area contributed by atoms with E-state index < -0.39 is 0 Å². The van der Waals surface area contributed by atoms with E-state index in [1.807, 2.05) is 62.7 Å². The van der Waals surface area contributed by atoms with Crippen LogP contribution in [-0.4, -0.2) is 24.4 Å². The summed E-state index contributed by atoms with van der Waals surface area (Å²) in [6.07, 6.45) is 4.80. The normalized spacial score (nSPS) is 14.6. The number of ether oxygens (including phenoxy) is 2. The molecule has 0 saturated heterocycles. The summed E-state index contributed by atoms with van der Waals surface area (Å²) in [6, 6.07) is 13.6. The summed E-state index contributed by atoms with van der Waals surface area (Å²) in [6.45, 7) is 6.11. The van der Waals surface area contributed by atoms with Crippen molar-refractivity contribution in [1.82, 2.24) is 0 Å². The molecule has 29 heavy (non-hydrogen) atoms. The second-order valence-electron chi connectivity index (χ2n) is 6.45. The van der Waals surface area contributed by atoms with E-state index in [9.17, 15) is 4.79 Å². The number of benzene rings is 2. The molecule has 0 heterocycles. The van der Waals surface area contributed by atoms with Crippen molar-refractivity contribution in [3.05, 3.63) is 65.6 Å². The van der Waals surface area contributed by atoms with E-state index in [-0.39, 0.29) is 30.6 Å². The van der Waals surface area contributed by atoms with Gasteiger partial charge in [-0.15, -0.1) is 0 Å². The third-order valence-electron chi connectivity index (χ3n) is 4.35. The quantitative estimate of drug-likeness (QED) is 0.211. The van der Waals surface area contributed by atoms with Gasteiger partial charge in [-0.05, 0) is 65.1 Å². The molecule has 0 aromatic heterocycles. The van der Waals surface area contributed by atoms with Crippen LogP contribution in [0.15, 0.2) is 42.5 Å². The number of Topliss-reactive ketones (excluding diaryl/α,β-unsaturated/α-hetero) is 1.